The van der Waals surface area contributed by atoms with E-state index in [0.717, 1.165) is 18.2 Å². The third-order valence-corrected chi connectivity index (χ3v) is 4.96. The summed E-state index contributed by atoms with van der Waals surface area (Å²) in [7, 11) is -4.21. The van der Waals surface area contributed by atoms with Crippen LogP contribution in [0.25, 0.3) is 0 Å². The van der Waals surface area contributed by atoms with Gasteiger partial charge in [-0.2, -0.15) is 13.2 Å². The number of hydrogen-bond acceptors (Lipinski definition) is 4. The van der Waals surface area contributed by atoms with Crippen molar-refractivity contribution < 1.29 is 26.0 Å². The Labute approximate surface area is 131 Å². The van der Waals surface area contributed by atoms with Crippen molar-refractivity contribution in [1.82, 2.24) is 14.9 Å². The molecule has 1 aliphatic heterocycles. The Morgan fingerprint density at radius 1 is 1.26 bits per heavy atom. The summed E-state index contributed by atoms with van der Waals surface area (Å²) < 4.78 is 78.6. The average Bonchev–Trinajstić information content (AvgIpc) is 2.47. The molecule has 0 saturated carbocycles. The van der Waals surface area contributed by atoms with E-state index in [9.17, 15) is 26.0 Å². The molecule has 2 N–H and O–H groups in total. The van der Waals surface area contributed by atoms with Gasteiger partial charge in [0.1, 0.15) is 11.9 Å². The number of sulfonamides is 1. The maximum Gasteiger partial charge on any atom is 0.405 e. The zero-order valence-electron chi connectivity index (χ0n) is 12.1. The fourth-order valence-corrected chi connectivity index (χ4v) is 3.42. The molecule has 2 rings (SSSR count). The molecule has 0 aromatic heterocycles. The minimum Gasteiger partial charge on any atom is -0.314 e. The molecule has 0 amide bonds. The lowest BCUT2D eigenvalue weighted by molar-refractivity contribution is -0.182. The van der Waals surface area contributed by atoms with Gasteiger partial charge in [-0.1, -0.05) is 6.07 Å². The molecule has 1 fully saturated rings. The molecule has 1 aromatic rings. The van der Waals surface area contributed by atoms with Crippen molar-refractivity contribution in [1.29, 1.82) is 0 Å². The number of rotatable bonds is 5. The summed E-state index contributed by atoms with van der Waals surface area (Å²) in [5, 5.41) is 2.94. The van der Waals surface area contributed by atoms with Crippen LogP contribution in [0.3, 0.4) is 0 Å². The lowest BCUT2D eigenvalue weighted by atomic mass is 10.2. The van der Waals surface area contributed by atoms with Crippen LogP contribution in [-0.4, -0.2) is 58.3 Å². The van der Waals surface area contributed by atoms with Gasteiger partial charge in [0.05, 0.1) is 4.90 Å². The zero-order chi connectivity index (χ0) is 17.1. The van der Waals surface area contributed by atoms with Gasteiger partial charge in [-0.05, 0) is 18.2 Å². The Bertz CT molecular complexity index is 630. The molecule has 10 heteroatoms. The summed E-state index contributed by atoms with van der Waals surface area (Å²) in [6.07, 6.45) is -4.57. The van der Waals surface area contributed by atoms with Gasteiger partial charge in [-0.25, -0.2) is 17.5 Å². The Kier molecular flexibility index (Phi) is 5.61. The van der Waals surface area contributed by atoms with Crippen LogP contribution in [0.15, 0.2) is 29.2 Å². The number of halogens is 4. The SMILES string of the molecule is O=S(=O)(NCC(N1CCNCC1)C(F)(F)F)c1cccc(F)c1. The van der Waals surface area contributed by atoms with E-state index in [4.69, 9.17) is 0 Å². The summed E-state index contributed by atoms with van der Waals surface area (Å²) in [6.45, 7) is 0.340. The minimum atomic E-state index is -4.57. The second kappa shape index (κ2) is 7.12. The third-order valence-electron chi connectivity index (χ3n) is 3.54. The quantitative estimate of drug-likeness (QED) is 0.772. The highest BCUT2D eigenvalue weighted by molar-refractivity contribution is 7.89. The third kappa shape index (κ3) is 4.87. The van der Waals surface area contributed by atoms with Crippen molar-refractivity contribution in [3.63, 3.8) is 0 Å². The summed E-state index contributed by atoms with van der Waals surface area (Å²) in [4.78, 5) is 0.781. The highest BCUT2D eigenvalue weighted by Crippen LogP contribution is 2.25. The molecule has 0 bridgehead atoms. The van der Waals surface area contributed by atoms with Gasteiger partial charge in [0.15, 0.2) is 0 Å². The first-order valence-electron chi connectivity index (χ1n) is 6.97. The van der Waals surface area contributed by atoms with E-state index in [-0.39, 0.29) is 13.1 Å². The molecule has 1 atom stereocenters. The number of nitrogens with zero attached hydrogens (tertiary/aromatic N) is 1. The number of benzene rings is 1. The van der Waals surface area contributed by atoms with Crippen LogP contribution in [0.2, 0.25) is 0 Å². The predicted molar refractivity (Wildman–Crippen MR) is 75.9 cm³/mol. The molecular formula is C13H17F4N3O2S. The summed E-state index contributed by atoms with van der Waals surface area (Å²) in [5.74, 6) is -0.776. The van der Waals surface area contributed by atoms with Crippen molar-refractivity contribution in [3.8, 4) is 0 Å². The second-order valence-electron chi connectivity index (χ2n) is 5.15. The Hall–Kier alpha value is -1.23. The van der Waals surface area contributed by atoms with Crippen molar-refractivity contribution >= 4 is 10.0 Å². The smallest absolute Gasteiger partial charge is 0.314 e. The maximum absolute atomic E-state index is 13.2. The Balaban J connectivity index is 2.11. The van der Waals surface area contributed by atoms with E-state index in [1.54, 1.807) is 0 Å². The van der Waals surface area contributed by atoms with Gasteiger partial charge in [0.2, 0.25) is 10.0 Å². The molecule has 5 nitrogen and oxygen atoms in total. The van der Waals surface area contributed by atoms with E-state index in [0.29, 0.717) is 13.1 Å². The van der Waals surface area contributed by atoms with Crippen LogP contribution in [0.5, 0.6) is 0 Å². The van der Waals surface area contributed by atoms with Gasteiger partial charge < -0.3 is 5.32 Å². The average molecular weight is 355 g/mol. The molecule has 1 saturated heterocycles. The first kappa shape index (κ1) is 18.1. The summed E-state index contributed by atoms with van der Waals surface area (Å²) >= 11 is 0. The molecule has 0 aliphatic carbocycles. The van der Waals surface area contributed by atoms with Crippen LogP contribution in [0, 0.1) is 5.82 Å². The molecule has 23 heavy (non-hydrogen) atoms. The highest BCUT2D eigenvalue weighted by Gasteiger charge is 2.44. The minimum absolute atomic E-state index is 0.172. The molecular weight excluding hydrogens is 338 g/mol. The largest absolute Gasteiger partial charge is 0.405 e. The lowest BCUT2D eigenvalue weighted by Gasteiger charge is -2.35. The van der Waals surface area contributed by atoms with Crippen LogP contribution in [0.4, 0.5) is 17.6 Å². The Morgan fingerprint density at radius 2 is 1.91 bits per heavy atom. The summed E-state index contributed by atoms with van der Waals surface area (Å²) in [6, 6.07) is 2.20. The fraction of sp³-hybridized carbons (Fsp3) is 0.538. The highest BCUT2D eigenvalue weighted by atomic mass is 32.2. The van der Waals surface area contributed by atoms with Crippen LogP contribution in [0.1, 0.15) is 0 Å². The van der Waals surface area contributed by atoms with E-state index in [1.807, 2.05) is 4.72 Å². The van der Waals surface area contributed by atoms with Crippen LogP contribution < -0.4 is 10.0 Å². The monoisotopic (exact) mass is 355 g/mol. The number of piperazine rings is 1. The topological polar surface area (TPSA) is 61.4 Å². The van der Waals surface area contributed by atoms with Gasteiger partial charge in [-0.15, -0.1) is 0 Å². The Morgan fingerprint density at radius 3 is 2.48 bits per heavy atom. The second-order valence-corrected chi connectivity index (χ2v) is 6.92. The number of nitrogens with one attached hydrogen (secondary N) is 2. The normalized spacial score (nSPS) is 18.8. The molecule has 1 aromatic carbocycles. The maximum atomic E-state index is 13.2. The van der Waals surface area contributed by atoms with E-state index in [2.05, 4.69) is 5.32 Å². The fourth-order valence-electron chi connectivity index (χ4n) is 2.35. The predicted octanol–water partition coefficient (Wildman–Crippen LogP) is 0.940. The molecule has 130 valence electrons. The molecule has 1 heterocycles. The lowest BCUT2D eigenvalue weighted by Crippen LogP contribution is -2.57. The molecule has 1 unspecified atom stereocenters. The van der Waals surface area contributed by atoms with Gasteiger partial charge in [0, 0.05) is 32.7 Å². The van der Waals surface area contributed by atoms with Crippen LogP contribution in [-0.2, 0) is 10.0 Å². The molecule has 1 aliphatic rings. The van der Waals surface area contributed by atoms with Gasteiger partial charge >= 0.3 is 6.18 Å². The van der Waals surface area contributed by atoms with Crippen molar-refractivity contribution in [2.24, 2.45) is 0 Å². The standard InChI is InChI=1S/C13H17F4N3O2S/c14-10-2-1-3-11(8-10)23(21,22)19-9-12(13(15,16)17)20-6-4-18-5-7-20/h1-3,8,12,18-19H,4-7,9H2. The van der Waals surface area contributed by atoms with E-state index >= 15 is 0 Å². The zero-order valence-corrected chi connectivity index (χ0v) is 12.9. The van der Waals surface area contributed by atoms with Crippen LogP contribution >= 0.6 is 0 Å². The van der Waals surface area contributed by atoms with Crippen molar-refractivity contribution in [2.45, 2.75) is 17.1 Å². The first-order valence-corrected chi connectivity index (χ1v) is 8.45. The van der Waals surface area contributed by atoms with E-state index < -0.39 is 39.5 Å². The van der Waals surface area contributed by atoms with Gasteiger partial charge in [-0.3, -0.25) is 4.90 Å². The number of hydrogen-bond donors (Lipinski definition) is 2. The molecule has 0 spiro atoms. The molecule has 0 radical (unpaired) electrons. The van der Waals surface area contributed by atoms with Crippen molar-refractivity contribution in [2.75, 3.05) is 32.7 Å². The first-order chi connectivity index (χ1) is 10.7. The summed E-state index contributed by atoms with van der Waals surface area (Å²) in [5.41, 5.74) is 0. The van der Waals surface area contributed by atoms with Crippen molar-refractivity contribution in [3.05, 3.63) is 30.1 Å². The number of alkyl halides is 3. The van der Waals surface area contributed by atoms with Gasteiger partial charge in [0.25, 0.3) is 0 Å². The van der Waals surface area contributed by atoms with E-state index in [1.165, 1.54) is 11.0 Å².